The van der Waals surface area contributed by atoms with Gasteiger partial charge in [-0.05, 0) is 116 Å². The average Bonchev–Trinajstić information content (AvgIpc) is 3.66. The van der Waals surface area contributed by atoms with Crippen molar-refractivity contribution in [2.45, 2.75) is 78.2 Å². The van der Waals surface area contributed by atoms with E-state index in [1.807, 2.05) is 63.2 Å². The summed E-state index contributed by atoms with van der Waals surface area (Å²) in [6.07, 6.45) is 8.54. The molecule has 0 saturated carbocycles. The van der Waals surface area contributed by atoms with Crippen molar-refractivity contribution in [2.75, 3.05) is 30.1 Å². The zero-order valence-electron chi connectivity index (χ0n) is 39.5. The van der Waals surface area contributed by atoms with E-state index in [1.165, 1.54) is 6.08 Å². The van der Waals surface area contributed by atoms with Gasteiger partial charge in [0.05, 0.1) is 19.3 Å². The minimum absolute atomic E-state index is 0.000540. The standard InChI is InChI=1S/C51H60N7O9PS/c1-8-68(67-51(7,69)32-66-34(4)5)57-41-24-20-39(21-25-41)48(61)55-47(33(2)3)49(62)52-29-46(60)54-40-22-17-38(18-23-40)31-65-50(63)58(28-27-42-35(6)53-44-12-10-9-11-43(42)44)30-37-15-13-36(14-16-37)19-26-45(59)56-64/h1,9-26,33-34,47,53,57,64,69H,27-32H2,2-7H3,(H,52,62)(H,54,60)(H,55,61)(H,56,59)/b26-19+. The van der Waals surface area contributed by atoms with Gasteiger partial charge in [0.25, 0.3) is 11.8 Å². The van der Waals surface area contributed by atoms with Crippen molar-refractivity contribution in [3.8, 4) is 12.1 Å². The number of nitrogens with one attached hydrogen (secondary N) is 6. The molecule has 0 aliphatic rings. The number of rotatable bonds is 23. The summed E-state index contributed by atoms with van der Waals surface area (Å²) in [4.78, 5) is 68.6. The first-order valence-corrected chi connectivity index (χ1v) is 24.0. The number of H-pyrrole nitrogens is 1. The van der Waals surface area contributed by atoms with E-state index in [0.717, 1.165) is 33.3 Å². The molecule has 18 heteroatoms. The maximum Gasteiger partial charge on any atom is 0.410 e. The van der Waals surface area contributed by atoms with Gasteiger partial charge in [0.15, 0.2) is 0 Å². The van der Waals surface area contributed by atoms with Crippen LogP contribution in [0, 0.1) is 24.9 Å². The fourth-order valence-corrected chi connectivity index (χ4v) is 8.22. The Balaban J connectivity index is 1.11. The molecule has 7 N–H and O–H groups in total. The first kappa shape index (κ1) is 53.3. The number of terminal acetylenes is 1. The van der Waals surface area contributed by atoms with Crippen LogP contribution < -0.4 is 26.5 Å². The third-order valence-corrected chi connectivity index (χ3v) is 12.2. The molecule has 3 unspecified atom stereocenters. The fraction of sp³-hybridized carbons (Fsp3) is 0.314. The number of fused-ring (bicyclic) bond motifs is 1. The summed E-state index contributed by atoms with van der Waals surface area (Å²) in [6, 6.07) is 27.7. The molecule has 0 spiro atoms. The number of hydrogen-bond donors (Lipinski definition) is 8. The van der Waals surface area contributed by atoms with Crippen LogP contribution in [-0.4, -0.2) is 81.6 Å². The average molecular weight is 978 g/mol. The molecule has 3 atom stereocenters. The van der Waals surface area contributed by atoms with Gasteiger partial charge in [-0.1, -0.05) is 68.4 Å². The Kier molecular flexibility index (Phi) is 19.8. The van der Waals surface area contributed by atoms with Gasteiger partial charge in [-0.15, -0.1) is 19.1 Å². The van der Waals surface area contributed by atoms with Gasteiger partial charge in [-0.3, -0.25) is 24.4 Å². The van der Waals surface area contributed by atoms with Crippen LogP contribution in [0.4, 0.5) is 16.2 Å². The summed E-state index contributed by atoms with van der Waals surface area (Å²) < 4.78 is 17.4. The topological polar surface area (TPSA) is 212 Å². The molecule has 5 rings (SSSR count). The van der Waals surface area contributed by atoms with E-state index in [0.29, 0.717) is 35.5 Å². The highest BCUT2D eigenvalue weighted by molar-refractivity contribution is 7.82. The number of carbonyl (C=O) groups is 5. The number of thiol groups is 1. The van der Waals surface area contributed by atoms with Gasteiger partial charge in [0, 0.05) is 52.7 Å². The Labute approximate surface area is 409 Å². The number of nitrogens with zero attached hydrogens (tertiary/aromatic N) is 1. The monoisotopic (exact) mass is 977 g/mol. The predicted molar refractivity (Wildman–Crippen MR) is 272 cm³/mol. The molecule has 4 aromatic carbocycles. The Morgan fingerprint density at radius 3 is 2.25 bits per heavy atom. The molecule has 1 heterocycles. The van der Waals surface area contributed by atoms with Crippen LogP contribution in [-0.2, 0) is 48.0 Å². The lowest BCUT2D eigenvalue weighted by Gasteiger charge is -2.28. The summed E-state index contributed by atoms with van der Waals surface area (Å²) >= 11 is 4.54. The van der Waals surface area contributed by atoms with Gasteiger partial charge >= 0.3 is 6.09 Å². The number of ether oxygens (including phenoxy) is 2. The summed E-state index contributed by atoms with van der Waals surface area (Å²) in [5.41, 5.74) is 11.0. The summed E-state index contributed by atoms with van der Waals surface area (Å²) in [5.74, 6) is -2.43. The van der Waals surface area contributed by atoms with Gasteiger partial charge in [0.1, 0.15) is 17.6 Å². The van der Waals surface area contributed by atoms with Crippen molar-refractivity contribution in [1.82, 2.24) is 26.0 Å². The van der Waals surface area contributed by atoms with E-state index in [9.17, 15) is 24.0 Å². The number of hydrogen-bond acceptors (Lipinski definition) is 11. The van der Waals surface area contributed by atoms with Crippen molar-refractivity contribution in [1.29, 1.82) is 0 Å². The van der Waals surface area contributed by atoms with Crippen LogP contribution in [0.5, 0.6) is 0 Å². The van der Waals surface area contributed by atoms with Gasteiger partial charge in [-0.2, -0.15) is 0 Å². The number of aromatic nitrogens is 1. The van der Waals surface area contributed by atoms with E-state index >= 15 is 0 Å². The van der Waals surface area contributed by atoms with Crippen LogP contribution in [0.3, 0.4) is 0 Å². The molecule has 0 aliphatic heterocycles. The normalized spacial score (nSPS) is 13.0. The molecular formula is C51H60N7O9PS. The second-order valence-electron chi connectivity index (χ2n) is 16.9. The molecule has 16 nitrogen and oxygen atoms in total. The van der Waals surface area contributed by atoms with Crippen LogP contribution in [0.2, 0.25) is 0 Å². The molecule has 5 amide bonds. The summed E-state index contributed by atoms with van der Waals surface area (Å²) in [6.45, 7) is 11.7. The predicted octanol–water partition coefficient (Wildman–Crippen LogP) is 8.29. The summed E-state index contributed by atoms with van der Waals surface area (Å²) in [5, 5.41) is 21.1. The largest absolute Gasteiger partial charge is 0.445 e. The molecular weight excluding hydrogens is 918 g/mol. The number of anilines is 2. The van der Waals surface area contributed by atoms with Crippen molar-refractivity contribution in [3.63, 3.8) is 0 Å². The van der Waals surface area contributed by atoms with Gasteiger partial charge in [0.2, 0.25) is 20.1 Å². The number of amides is 5. The smallest absolute Gasteiger partial charge is 0.410 e. The lowest BCUT2D eigenvalue weighted by molar-refractivity contribution is -0.126. The van der Waals surface area contributed by atoms with Crippen molar-refractivity contribution >= 4 is 79.0 Å². The van der Waals surface area contributed by atoms with Crippen LogP contribution in [0.1, 0.15) is 72.9 Å². The Morgan fingerprint density at radius 1 is 0.928 bits per heavy atom. The van der Waals surface area contributed by atoms with Crippen molar-refractivity contribution in [3.05, 3.63) is 137 Å². The molecule has 0 bridgehead atoms. The first-order chi connectivity index (χ1) is 32.9. The molecule has 0 aliphatic carbocycles. The Morgan fingerprint density at radius 2 is 1.59 bits per heavy atom. The zero-order chi connectivity index (χ0) is 50.1. The number of benzene rings is 4. The zero-order valence-corrected chi connectivity index (χ0v) is 41.3. The molecule has 0 fully saturated rings. The van der Waals surface area contributed by atoms with E-state index < -0.39 is 49.0 Å². The minimum Gasteiger partial charge on any atom is -0.445 e. The second kappa shape index (κ2) is 25.6. The lowest BCUT2D eigenvalue weighted by Crippen LogP contribution is -2.51. The number of aromatic amines is 1. The van der Waals surface area contributed by atoms with Gasteiger partial charge in [-0.25, -0.2) is 10.3 Å². The van der Waals surface area contributed by atoms with E-state index in [1.54, 1.807) is 85.8 Å². The Hall–Kier alpha value is -6.67. The van der Waals surface area contributed by atoms with E-state index in [-0.39, 0.29) is 38.3 Å². The highest BCUT2D eigenvalue weighted by Gasteiger charge is 2.27. The third-order valence-electron chi connectivity index (χ3n) is 10.5. The van der Waals surface area contributed by atoms with Crippen molar-refractivity contribution < 1.29 is 43.2 Å². The maximum atomic E-state index is 13.7. The Bertz CT molecular complexity index is 2610. The number of para-hydroxylation sites is 1. The third kappa shape index (κ3) is 16.8. The number of hydroxylamine groups is 1. The van der Waals surface area contributed by atoms with E-state index in [4.69, 9.17) is 25.6 Å². The minimum atomic E-state index is -1.56. The van der Waals surface area contributed by atoms with E-state index in [2.05, 4.69) is 50.4 Å². The number of carbonyl (C=O) groups excluding carboxylic acids is 5. The molecule has 0 saturated heterocycles. The van der Waals surface area contributed by atoms with Crippen LogP contribution in [0.25, 0.3) is 17.0 Å². The fourth-order valence-electron chi connectivity index (χ4n) is 6.90. The molecule has 69 heavy (non-hydrogen) atoms. The van der Waals surface area contributed by atoms with Crippen molar-refractivity contribution in [2.24, 2.45) is 5.92 Å². The number of aryl methyl sites for hydroxylation is 1. The SMILES string of the molecule is C#CP(Nc1ccc(C(=O)NC(C(=O)NCC(=O)Nc2ccc(COC(=O)N(CCc3c(C)[nH]c4ccccc34)Cc3ccc(/C=C/C(=O)NO)cc3)cc2)C(C)C)cc1)OC(C)(S)COC(C)C. The molecule has 5 aromatic rings. The molecule has 1 aromatic heterocycles. The quantitative estimate of drug-likeness (QED) is 0.00597. The van der Waals surface area contributed by atoms with Crippen LogP contribution in [0.15, 0.2) is 103 Å². The molecule has 364 valence electrons. The second-order valence-corrected chi connectivity index (χ2v) is 19.1. The van der Waals surface area contributed by atoms with Crippen LogP contribution >= 0.6 is 20.9 Å². The van der Waals surface area contributed by atoms with Gasteiger partial charge < -0.3 is 44.9 Å². The first-order valence-electron chi connectivity index (χ1n) is 22.3. The summed E-state index contributed by atoms with van der Waals surface area (Å²) in [7, 11) is -1.56. The maximum absolute atomic E-state index is 13.7. The lowest BCUT2D eigenvalue weighted by atomic mass is 10.0. The molecule has 0 radical (unpaired) electrons. The highest BCUT2D eigenvalue weighted by Crippen LogP contribution is 2.42. The highest BCUT2D eigenvalue weighted by atomic mass is 32.1.